The molecule has 0 bridgehead atoms. The highest BCUT2D eigenvalue weighted by Crippen LogP contribution is 2.18. The van der Waals surface area contributed by atoms with Crippen LogP contribution in [0.15, 0.2) is 29.0 Å². The Hall–Kier alpha value is -2.37. The number of nitrogens with two attached hydrogens (primary N) is 1. The van der Waals surface area contributed by atoms with Gasteiger partial charge in [0.15, 0.2) is 5.69 Å². The number of oxazole rings is 1. The zero-order valence-electron chi connectivity index (χ0n) is 13.5. The van der Waals surface area contributed by atoms with E-state index in [1.165, 1.54) is 31.9 Å². The van der Waals surface area contributed by atoms with E-state index in [-0.39, 0.29) is 11.6 Å². The highest BCUT2D eigenvalue weighted by atomic mass is 16.3. The Morgan fingerprint density at radius 3 is 2.74 bits per heavy atom. The van der Waals surface area contributed by atoms with Crippen LogP contribution in [0.4, 0.5) is 5.82 Å². The average Bonchev–Trinajstić information content (AvgIpc) is 3.04. The number of carbonyl (C=O) groups excluding carboxylic acids is 1. The Kier molecular flexibility index (Phi) is 6.59. The number of nitrogens with one attached hydrogen (secondary N) is 1. The largest absolute Gasteiger partial charge is 0.444 e. The maximum atomic E-state index is 12.0. The maximum absolute atomic E-state index is 12.0. The zero-order valence-corrected chi connectivity index (χ0v) is 13.5. The minimum atomic E-state index is -0.211. The smallest absolute Gasteiger partial charge is 0.273 e. The monoisotopic (exact) mass is 316 g/mol. The molecule has 0 saturated heterocycles. The number of rotatable bonds is 9. The van der Waals surface area contributed by atoms with Gasteiger partial charge < -0.3 is 15.5 Å². The third kappa shape index (κ3) is 5.39. The first-order chi connectivity index (χ1) is 11.2. The summed E-state index contributed by atoms with van der Waals surface area (Å²) in [6.45, 7) is 2.86. The average molecular weight is 316 g/mol. The highest BCUT2D eigenvalue weighted by molar-refractivity contribution is 5.92. The minimum absolute atomic E-state index is 0.211. The second-order valence-corrected chi connectivity index (χ2v) is 5.53. The first-order valence-corrected chi connectivity index (χ1v) is 8.16. The van der Waals surface area contributed by atoms with Crippen molar-refractivity contribution in [3.63, 3.8) is 0 Å². The summed E-state index contributed by atoms with van der Waals surface area (Å²) in [6.07, 6.45) is 10.1. The summed E-state index contributed by atoms with van der Waals surface area (Å²) in [4.78, 5) is 20.2. The number of aromatic nitrogens is 2. The first-order valence-electron chi connectivity index (χ1n) is 8.16. The topological polar surface area (TPSA) is 94.0 Å². The van der Waals surface area contributed by atoms with Crippen LogP contribution >= 0.6 is 0 Å². The van der Waals surface area contributed by atoms with E-state index in [0.29, 0.717) is 23.8 Å². The van der Waals surface area contributed by atoms with Gasteiger partial charge in [-0.3, -0.25) is 4.79 Å². The summed E-state index contributed by atoms with van der Waals surface area (Å²) < 4.78 is 5.33. The molecule has 0 aliphatic rings. The van der Waals surface area contributed by atoms with Crippen molar-refractivity contribution in [2.75, 3.05) is 12.3 Å². The molecule has 23 heavy (non-hydrogen) atoms. The van der Waals surface area contributed by atoms with Gasteiger partial charge in [0.1, 0.15) is 12.1 Å². The van der Waals surface area contributed by atoms with Crippen LogP contribution in [0.2, 0.25) is 0 Å². The van der Waals surface area contributed by atoms with Crippen molar-refractivity contribution in [1.29, 1.82) is 0 Å². The molecule has 2 aromatic heterocycles. The molecule has 1 amide bonds. The maximum Gasteiger partial charge on any atom is 0.273 e. The fourth-order valence-corrected chi connectivity index (χ4v) is 2.24. The van der Waals surface area contributed by atoms with Gasteiger partial charge in [0, 0.05) is 12.7 Å². The molecule has 0 spiro atoms. The quantitative estimate of drug-likeness (QED) is 0.691. The third-order valence-electron chi connectivity index (χ3n) is 3.59. The molecule has 0 aromatic carbocycles. The number of hydrogen-bond acceptors (Lipinski definition) is 5. The Bertz CT molecular complexity index is 607. The predicted molar refractivity (Wildman–Crippen MR) is 89.9 cm³/mol. The van der Waals surface area contributed by atoms with E-state index in [1.807, 2.05) is 0 Å². The van der Waals surface area contributed by atoms with Crippen LogP contribution in [-0.2, 0) is 0 Å². The van der Waals surface area contributed by atoms with Crippen LogP contribution in [-0.4, -0.2) is 22.4 Å². The van der Waals surface area contributed by atoms with Crippen LogP contribution in [0.1, 0.15) is 55.9 Å². The molecule has 0 fully saturated rings. The Labute approximate surface area is 136 Å². The molecular formula is C17H24N4O2. The van der Waals surface area contributed by atoms with Crippen molar-refractivity contribution in [3.05, 3.63) is 30.3 Å². The Morgan fingerprint density at radius 2 is 2.00 bits per heavy atom. The number of pyridine rings is 1. The number of amides is 1. The van der Waals surface area contributed by atoms with Gasteiger partial charge in [0.05, 0.1) is 5.56 Å². The predicted octanol–water partition coefficient (Wildman–Crippen LogP) is 3.41. The SMILES string of the molecule is CCCCCCCCNC(=O)c1coc(-c2ccc(N)nc2)n1. The van der Waals surface area contributed by atoms with Crippen LogP contribution in [0, 0.1) is 0 Å². The van der Waals surface area contributed by atoms with Crippen LogP contribution in [0.5, 0.6) is 0 Å². The summed E-state index contributed by atoms with van der Waals surface area (Å²) in [5, 5.41) is 2.87. The molecule has 0 unspecified atom stereocenters. The van der Waals surface area contributed by atoms with E-state index in [2.05, 4.69) is 22.2 Å². The van der Waals surface area contributed by atoms with Crippen molar-refractivity contribution in [2.24, 2.45) is 0 Å². The van der Waals surface area contributed by atoms with Gasteiger partial charge in [-0.15, -0.1) is 0 Å². The lowest BCUT2D eigenvalue weighted by Gasteiger charge is -2.02. The molecule has 2 aromatic rings. The Morgan fingerprint density at radius 1 is 1.22 bits per heavy atom. The summed E-state index contributed by atoms with van der Waals surface area (Å²) in [6, 6.07) is 3.42. The van der Waals surface area contributed by atoms with Crippen molar-refractivity contribution in [3.8, 4) is 11.5 Å². The molecule has 3 N–H and O–H groups in total. The van der Waals surface area contributed by atoms with E-state index < -0.39 is 0 Å². The van der Waals surface area contributed by atoms with Crippen molar-refractivity contribution >= 4 is 11.7 Å². The van der Waals surface area contributed by atoms with Crippen LogP contribution < -0.4 is 11.1 Å². The molecule has 0 saturated carbocycles. The van der Waals surface area contributed by atoms with E-state index in [9.17, 15) is 4.79 Å². The Balaban J connectivity index is 1.76. The summed E-state index contributed by atoms with van der Waals surface area (Å²) >= 11 is 0. The van der Waals surface area contributed by atoms with Gasteiger partial charge in [-0.2, -0.15) is 0 Å². The second kappa shape index (κ2) is 8.92. The van der Waals surface area contributed by atoms with Gasteiger partial charge in [-0.1, -0.05) is 39.0 Å². The highest BCUT2D eigenvalue weighted by Gasteiger charge is 2.13. The van der Waals surface area contributed by atoms with Crippen molar-refractivity contribution in [2.45, 2.75) is 45.4 Å². The van der Waals surface area contributed by atoms with E-state index in [0.717, 1.165) is 12.8 Å². The van der Waals surface area contributed by atoms with Crippen LogP contribution in [0.25, 0.3) is 11.5 Å². The molecule has 124 valence electrons. The van der Waals surface area contributed by atoms with E-state index >= 15 is 0 Å². The molecule has 0 aliphatic carbocycles. The standard InChI is InChI=1S/C17H24N4O2/c1-2-3-4-5-6-7-10-19-16(22)14-12-23-17(21-14)13-8-9-15(18)20-11-13/h8-9,11-12H,2-7,10H2,1H3,(H2,18,20)(H,19,22). The second-order valence-electron chi connectivity index (χ2n) is 5.53. The minimum Gasteiger partial charge on any atom is -0.444 e. The lowest BCUT2D eigenvalue weighted by Crippen LogP contribution is -2.24. The zero-order chi connectivity index (χ0) is 16.5. The van der Waals surface area contributed by atoms with Gasteiger partial charge in [0.25, 0.3) is 5.91 Å². The molecule has 6 nitrogen and oxygen atoms in total. The lowest BCUT2D eigenvalue weighted by molar-refractivity contribution is 0.0948. The number of nitrogens with zero attached hydrogens (tertiary/aromatic N) is 2. The van der Waals surface area contributed by atoms with Crippen LogP contribution in [0.3, 0.4) is 0 Å². The summed E-state index contributed by atoms with van der Waals surface area (Å²) in [5.41, 5.74) is 6.51. The third-order valence-corrected chi connectivity index (χ3v) is 3.59. The fourth-order valence-electron chi connectivity index (χ4n) is 2.24. The number of unbranched alkanes of at least 4 members (excludes halogenated alkanes) is 5. The van der Waals surface area contributed by atoms with Gasteiger partial charge in [0.2, 0.25) is 5.89 Å². The van der Waals surface area contributed by atoms with Crippen molar-refractivity contribution < 1.29 is 9.21 Å². The fraction of sp³-hybridized carbons (Fsp3) is 0.471. The molecule has 2 rings (SSSR count). The normalized spacial score (nSPS) is 10.7. The summed E-state index contributed by atoms with van der Waals surface area (Å²) in [7, 11) is 0. The lowest BCUT2D eigenvalue weighted by atomic mass is 10.1. The van der Waals surface area contributed by atoms with Gasteiger partial charge >= 0.3 is 0 Å². The molecular weight excluding hydrogens is 292 g/mol. The number of carbonyl (C=O) groups is 1. The number of nitrogen functional groups attached to an aromatic ring is 1. The van der Waals surface area contributed by atoms with Gasteiger partial charge in [-0.25, -0.2) is 9.97 Å². The molecule has 2 heterocycles. The number of hydrogen-bond donors (Lipinski definition) is 2. The number of anilines is 1. The molecule has 6 heteroatoms. The van der Waals surface area contributed by atoms with E-state index in [1.54, 1.807) is 18.3 Å². The molecule has 0 aliphatic heterocycles. The molecule has 0 radical (unpaired) electrons. The summed E-state index contributed by atoms with van der Waals surface area (Å²) in [5.74, 6) is 0.580. The van der Waals surface area contributed by atoms with Gasteiger partial charge in [-0.05, 0) is 18.6 Å². The van der Waals surface area contributed by atoms with E-state index in [4.69, 9.17) is 10.2 Å². The molecule has 0 atom stereocenters. The van der Waals surface area contributed by atoms with Crippen molar-refractivity contribution in [1.82, 2.24) is 15.3 Å². The first kappa shape index (κ1) is 17.0.